The number of hydrogen-bond donors (Lipinski definition) is 4. The second-order valence-electron chi connectivity index (χ2n) is 9.52. The molecule has 0 aliphatic heterocycles. The molecule has 42 heavy (non-hydrogen) atoms. The highest BCUT2D eigenvalue weighted by Gasteiger charge is 2.08. The third-order valence-electron chi connectivity index (χ3n) is 6.52. The molecule has 3 aromatic heterocycles. The van der Waals surface area contributed by atoms with Crippen molar-refractivity contribution in [1.82, 2.24) is 25.6 Å². The van der Waals surface area contributed by atoms with Gasteiger partial charge in [-0.2, -0.15) is 0 Å². The summed E-state index contributed by atoms with van der Waals surface area (Å²) in [6, 6.07) is 24.2. The molecule has 0 saturated carbocycles. The minimum absolute atomic E-state index is 0.126. The fourth-order valence-electron chi connectivity index (χ4n) is 4.33. The fourth-order valence-corrected chi connectivity index (χ4v) is 4.33. The summed E-state index contributed by atoms with van der Waals surface area (Å²) < 4.78 is 0. The number of pyridine rings is 2. The summed E-state index contributed by atoms with van der Waals surface area (Å²) in [7, 11) is 0. The Balaban J connectivity index is 1.25. The van der Waals surface area contributed by atoms with E-state index >= 15 is 0 Å². The lowest BCUT2D eigenvalue weighted by Crippen LogP contribution is -2.30. The quantitative estimate of drug-likeness (QED) is 0.188. The highest BCUT2D eigenvalue weighted by molar-refractivity contribution is 5.94. The minimum Gasteiger partial charge on any atom is -0.365 e. The topological polar surface area (TPSA) is 112 Å². The van der Waals surface area contributed by atoms with Crippen LogP contribution < -0.4 is 16.0 Å². The van der Waals surface area contributed by atoms with Gasteiger partial charge in [-0.1, -0.05) is 24.0 Å². The Morgan fingerprint density at radius 1 is 0.786 bits per heavy atom. The monoisotopic (exact) mass is 554 g/mol. The van der Waals surface area contributed by atoms with Crippen LogP contribution in [0.15, 0.2) is 110 Å². The van der Waals surface area contributed by atoms with E-state index in [4.69, 9.17) is 0 Å². The number of nitrogens with zero attached hydrogens (tertiary/aromatic N) is 2. The first-order chi connectivity index (χ1) is 20.6. The molecule has 3 heterocycles. The molecule has 0 aliphatic carbocycles. The molecule has 0 radical (unpaired) electrons. The van der Waals surface area contributed by atoms with E-state index in [-0.39, 0.29) is 11.9 Å². The summed E-state index contributed by atoms with van der Waals surface area (Å²) in [5, 5.41) is 8.72. The van der Waals surface area contributed by atoms with Crippen molar-refractivity contribution in [3.8, 4) is 23.0 Å². The predicted octanol–water partition coefficient (Wildman–Crippen LogP) is 5.21. The van der Waals surface area contributed by atoms with E-state index < -0.39 is 0 Å². The van der Waals surface area contributed by atoms with Crippen LogP contribution in [0.1, 0.15) is 32.7 Å². The number of carbonyl (C=O) groups is 2. The number of aromatic amines is 1. The van der Waals surface area contributed by atoms with Gasteiger partial charge in [0.25, 0.3) is 5.91 Å². The van der Waals surface area contributed by atoms with Crippen LogP contribution in [0, 0.1) is 11.8 Å². The third-order valence-corrected chi connectivity index (χ3v) is 6.52. The summed E-state index contributed by atoms with van der Waals surface area (Å²) in [5.41, 5.74) is 6.74. The smallest absolute Gasteiger partial charge is 0.319 e. The molecule has 0 unspecified atom stereocenters. The third kappa shape index (κ3) is 7.93. The van der Waals surface area contributed by atoms with Gasteiger partial charge in [0.2, 0.25) is 0 Å². The van der Waals surface area contributed by atoms with Crippen LogP contribution in [0.3, 0.4) is 0 Å². The van der Waals surface area contributed by atoms with Crippen LogP contribution in [0.4, 0.5) is 10.5 Å². The van der Waals surface area contributed by atoms with Gasteiger partial charge in [-0.3, -0.25) is 14.8 Å². The molecule has 0 bridgehead atoms. The lowest BCUT2D eigenvalue weighted by atomic mass is 9.99. The van der Waals surface area contributed by atoms with Crippen LogP contribution >= 0.6 is 0 Å². The summed E-state index contributed by atoms with van der Waals surface area (Å²) >= 11 is 0. The normalized spacial score (nSPS) is 10.3. The van der Waals surface area contributed by atoms with Crippen molar-refractivity contribution in [2.75, 3.05) is 18.4 Å². The van der Waals surface area contributed by atoms with Crippen molar-refractivity contribution in [3.05, 3.63) is 138 Å². The molecular weight excluding hydrogens is 524 g/mol. The van der Waals surface area contributed by atoms with Gasteiger partial charge in [-0.15, -0.1) is 0 Å². The standard InChI is InChI=1S/C34H30N6O2/c41-33(38-22-16-30-4-2-18-37-30)28-8-5-25(6-9-28)7-10-29-23-31(11-12-32(29)27-14-19-35-20-15-27)40-34(42)39-21-13-26-3-1-17-36-24-26/h1-6,8-9,11-12,14-15,17-20,23-24,37H,13,16,21-22H2,(H,38,41)(H2,39,40,42). The maximum absolute atomic E-state index is 12.5. The first-order valence-corrected chi connectivity index (χ1v) is 13.6. The van der Waals surface area contributed by atoms with Crippen LogP contribution in [-0.2, 0) is 12.8 Å². The van der Waals surface area contributed by atoms with Crippen molar-refractivity contribution in [3.63, 3.8) is 0 Å². The van der Waals surface area contributed by atoms with Crippen LogP contribution in [-0.4, -0.2) is 40.0 Å². The van der Waals surface area contributed by atoms with Gasteiger partial charge in [0.1, 0.15) is 0 Å². The SMILES string of the molecule is O=C(NCCc1cccnc1)Nc1ccc(-c2ccncc2)c(C#Cc2ccc(C(=O)NCCc3ccc[nH]3)cc2)c1. The van der Waals surface area contributed by atoms with Gasteiger partial charge in [-0.05, 0) is 89.8 Å². The van der Waals surface area contributed by atoms with E-state index in [0.29, 0.717) is 30.8 Å². The fraction of sp³-hybridized carbons (Fsp3) is 0.118. The van der Waals surface area contributed by atoms with E-state index in [2.05, 4.69) is 42.7 Å². The van der Waals surface area contributed by atoms with Crippen LogP contribution in [0.5, 0.6) is 0 Å². The average molecular weight is 555 g/mol. The number of hydrogen-bond acceptors (Lipinski definition) is 4. The summed E-state index contributed by atoms with van der Waals surface area (Å²) in [5.74, 6) is 6.32. The van der Waals surface area contributed by atoms with E-state index in [1.807, 2.05) is 72.9 Å². The van der Waals surface area contributed by atoms with Crippen molar-refractivity contribution >= 4 is 17.6 Å². The molecule has 0 atom stereocenters. The summed E-state index contributed by atoms with van der Waals surface area (Å²) in [6.07, 6.45) is 10.3. The van der Waals surface area contributed by atoms with Crippen LogP contribution in [0.2, 0.25) is 0 Å². The number of rotatable bonds is 9. The number of nitrogens with one attached hydrogen (secondary N) is 4. The first-order valence-electron chi connectivity index (χ1n) is 13.6. The molecule has 3 amide bonds. The van der Waals surface area contributed by atoms with Gasteiger partial charge in [-0.25, -0.2) is 4.79 Å². The minimum atomic E-state index is -0.295. The molecule has 0 fully saturated rings. The van der Waals surface area contributed by atoms with Gasteiger partial charge < -0.3 is 20.9 Å². The Morgan fingerprint density at radius 2 is 1.62 bits per heavy atom. The lowest BCUT2D eigenvalue weighted by molar-refractivity contribution is 0.0954. The second kappa shape index (κ2) is 14.1. The molecule has 8 heteroatoms. The zero-order valence-corrected chi connectivity index (χ0v) is 22.9. The van der Waals surface area contributed by atoms with Crippen molar-refractivity contribution in [2.45, 2.75) is 12.8 Å². The number of anilines is 1. The van der Waals surface area contributed by atoms with Gasteiger partial charge in [0.15, 0.2) is 0 Å². The average Bonchev–Trinajstić information content (AvgIpc) is 3.55. The zero-order chi connectivity index (χ0) is 29.0. The lowest BCUT2D eigenvalue weighted by Gasteiger charge is -2.11. The summed E-state index contributed by atoms with van der Waals surface area (Å²) in [4.78, 5) is 36.4. The maximum atomic E-state index is 12.5. The largest absolute Gasteiger partial charge is 0.365 e. The number of H-pyrrole nitrogens is 1. The van der Waals surface area contributed by atoms with E-state index in [1.165, 1.54) is 0 Å². The zero-order valence-electron chi connectivity index (χ0n) is 22.9. The molecular formula is C34H30N6O2. The molecule has 0 spiro atoms. The Bertz CT molecular complexity index is 1670. The summed E-state index contributed by atoms with van der Waals surface area (Å²) in [6.45, 7) is 1.03. The second-order valence-corrected chi connectivity index (χ2v) is 9.52. The van der Waals surface area contributed by atoms with E-state index in [0.717, 1.165) is 39.9 Å². The number of benzene rings is 2. The van der Waals surface area contributed by atoms with Crippen molar-refractivity contribution in [2.24, 2.45) is 0 Å². The molecule has 0 aliphatic rings. The van der Waals surface area contributed by atoms with Crippen molar-refractivity contribution < 1.29 is 9.59 Å². The Hall–Kier alpha value is -5.68. The highest BCUT2D eigenvalue weighted by Crippen LogP contribution is 2.26. The highest BCUT2D eigenvalue weighted by atomic mass is 16.2. The van der Waals surface area contributed by atoms with E-state index in [1.54, 1.807) is 36.9 Å². The predicted molar refractivity (Wildman–Crippen MR) is 164 cm³/mol. The Morgan fingerprint density at radius 3 is 2.38 bits per heavy atom. The number of urea groups is 1. The number of amides is 3. The maximum Gasteiger partial charge on any atom is 0.319 e. The van der Waals surface area contributed by atoms with Gasteiger partial charge in [0, 0.05) is 78.6 Å². The van der Waals surface area contributed by atoms with Gasteiger partial charge in [0.05, 0.1) is 0 Å². The van der Waals surface area contributed by atoms with Crippen LogP contribution in [0.25, 0.3) is 11.1 Å². The molecule has 208 valence electrons. The molecule has 2 aromatic carbocycles. The number of aromatic nitrogens is 3. The molecule has 4 N–H and O–H groups in total. The number of carbonyl (C=O) groups excluding carboxylic acids is 2. The molecule has 5 aromatic rings. The molecule has 0 saturated heterocycles. The van der Waals surface area contributed by atoms with Crippen molar-refractivity contribution in [1.29, 1.82) is 0 Å². The van der Waals surface area contributed by atoms with E-state index in [9.17, 15) is 9.59 Å². The molecule has 5 rings (SSSR count). The first kappa shape index (κ1) is 27.9. The van der Waals surface area contributed by atoms with Gasteiger partial charge >= 0.3 is 6.03 Å². The Labute approximate surface area is 244 Å². The Kier molecular flexibility index (Phi) is 9.36. The molecule has 8 nitrogen and oxygen atoms in total.